The molecule has 0 amide bonds. The predicted molar refractivity (Wildman–Crippen MR) is 85.1 cm³/mol. The lowest BCUT2D eigenvalue weighted by Gasteiger charge is -2.42. The van der Waals surface area contributed by atoms with E-state index < -0.39 is 0 Å². The molecule has 0 aliphatic heterocycles. The number of aryl methyl sites for hydroxylation is 1. The third kappa shape index (κ3) is 1.66. The summed E-state index contributed by atoms with van der Waals surface area (Å²) >= 11 is 0. The van der Waals surface area contributed by atoms with Crippen molar-refractivity contribution in [3.05, 3.63) is 47.0 Å². The van der Waals surface area contributed by atoms with Gasteiger partial charge in [-0.15, -0.1) is 0 Å². The van der Waals surface area contributed by atoms with Gasteiger partial charge < -0.3 is 0 Å². The minimum atomic E-state index is 0.265. The molecule has 3 unspecified atom stereocenters. The summed E-state index contributed by atoms with van der Waals surface area (Å²) in [6, 6.07) is 7.39. The van der Waals surface area contributed by atoms with Crippen LogP contribution in [0.15, 0.2) is 30.4 Å². The van der Waals surface area contributed by atoms with Crippen molar-refractivity contribution in [3.8, 4) is 0 Å². The summed E-state index contributed by atoms with van der Waals surface area (Å²) in [7, 11) is 0. The van der Waals surface area contributed by atoms with Crippen LogP contribution >= 0.6 is 0 Å². The Labute approximate surface area is 123 Å². The zero-order valence-electron chi connectivity index (χ0n) is 13.1. The smallest absolute Gasteiger partial charge is 0.00244 e. The van der Waals surface area contributed by atoms with Gasteiger partial charge in [0.25, 0.3) is 0 Å². The van der Waals surface area contributed by atoms with Gasteiger partial charge in [0.2, 0.25) is 0 Å². The van der Waals surface area contributed by atoms with E-state index in [1.807, 2.05) is 0 Å². The largest absolute Gasteiger partial charge is 0.0851 e. The lowest BCUT2D eigenvalue weighted by atomic mass is 9.62. The van der Waals surface area contributed by atoms with Crippen molar-refractivity contribution in [2.75, 3.05) is 0 Å². The molecule has 3 atom stereocenters. The first kappa shape index (κ1) is 12.7. The number of fused-ring (bicyclic) bond motifs is 5. The van der Waals surface area contributed by atoms with E-state index in [2.05, 4.69) is 51.1 Å². The van der Waals surface area contributed by atoms with Gasteiger partial charge in [-0.2, -0.15) is 0 Å². The Hall–Kier alpha value is -1.04. The quantitative estimate of drug-likeness (QED) is 0.569. The highest BCUT2D eigenvalue weighted by Crippen LogP contribution is 2.58. The van der Waals surface area contributed by atoms with Crippen LogP contribution in [-0.2, 0) is 17.3 Å². The highest BCUT2D eigenvalue weighted by Gasteiger charge is 2.50. The second-order valence-electron chi connectivity index (χ2n) is 8.32. The summed E-state index contributed by atoms with van der Waals surface area (Å²) < 4.78 is 0. The highest BCUT2D eigenvalue weighted by molar-refractivity contribution is 5.45. The van der Waals surface area contributed by atoms with E-state index in [-0.39, 0.29) is 5.41 Å². The van der Waals surface area contributed by atoms with Crippen LogP contribution in [0.1, 0.15) is 63.1 Å². The minimum absolute atomic E-state index is 0.265. The molecule has 3 aliphatic rings. The van der Waals surface area contributed by atoms with Crippen LogP contribution in [0.2, 0.25) is 0 Å². The Morgan fingerprint density at radius 3 is 2.65 bits per heavy atom. The van der Waals surface area contributed by atoms with Gasteiger partial charge in [-0.25, -0.2) is 0 Å². The molecule has 4 rings (SSSR count). The van der Waals surface area contributed by atoms with E-state index in [1.54, 1.807) is 11.1 Å². The molecular formula is C20H26. The van der Waals surface area contributed by atoms with Crippen molar-refractivity contribution in [1.82, 2.24) is 0 Å². The zero-order valence-corrected chi connectivity index (χ0v) is 13.1. The predicted octanol–water partition coefficient (Wildman–Crippen LogP) is 5.15. The Morgan fingerprint density at radius 2 is 2.00 bits per heavy atom. The van der Waals surface area contributed by atoms with Crippen LogP contribution < -0.4 is 0 Å². The Bertz CT molecular complexity index is 572. The van der Waals surface area contributed by atoms with Gasteiger partial charge in [-0.3, -0.25) is 0 Å². The fourth-order valence-corrected chi connectivity index (χ4v) is 5.01. The Balaban J connectivity index is 1.86. The van der Waals surface area contributed by atoms with Gasteiger partial charge in [0, 0.05) is 5.41 Å². The summed E-state index contributed by atoms with van der Waals surface area (Å²) in [4.78, 5) is 0. The molecule has 3 aliphatic carbocycles. The molecule has 106 valence electrons. The second kappa shape index (κ2) is 4.00. The fraction of sp³-hybridized carbons (Fsp3) is 0.600. The van der Waals surface area contributed by atoms with Gasteiger partial charge in [0.1, 0.15) is 0 Å². The molecule has 1 saturated carbocycles. The monoisotopic (exact) mass is 266 g/mol. The van der Waals surface area contributed by atoms with Crippen molar-refractivity contribution in [2.45, 2.75) is 63.7 Å². The number of hydrogen-bond donors (Lipinski definition) is 0. The third-order valence-corrected chi connectivity index (χ3v) is 6.09. The molecule has 0 nitrogen and oxygen atoms in total. The van der Waals surface area contributed by atoms with E-state index in [4.69, 9.17) is 0 Å². The van der Waals surface area contributed by atoms with Crippen LogP contribution in [0.3, 0.4) is 0 Å². The van der Waals surface area contributed by atoms with Gasteiger partial charge >= 0.3 is 0 Å². The number of hydrogen-bond acceptors (Lipinski definition) is 0. The molecule has 0 saturated heterocycles. The average Bonchev–Trinajstić information content (AvgIpc) is 2.99. The topological polar surface area (TPSA) is 0 Å². The van der Waals surface area contributed by atoms with Crippen molar-refractivity contribution in [3.63, 3.8) is 0 Å². The molecular weight excluding hydrogens is 240 g/mol. The maximum atomic E-state index is 2.57. The molecule has 2 bridgehead atoms. The molecule has 0 heteroatoms. The molecule has 0 aromatic heterocycles. The first-order valence-corrected chi connectivity index (χ1v) is 8.31. The summed E-state index contributed by atoms with van der Waals surface area (Å²) in [6.45, 7) is 7.01. The lowest BCUT2D eigenvalue weighted by molar-refractivity contribution is 0.303. The van der Waals surface area contributed by atoms with Crippen LogP contribution in [0.25, 0.3) is 0 Å². The molecule has 20 heavy (non-hydrogen) atoms. The molecule has 1 spiro atoms. The van der Waals surface area contributed by atoms with E-state index in [0.29, 0.717) is 5.41 Å². The lowest BCUT2D eigenvalue weighted by Crippen LogP contribution is -2.35. The maximum absolute atomic E-state index is 2.57. The third-order valence-electron chi connectivity index (χ3n) is 6.09. The van der Waals surface area contributed by atoms with Crippen molar-refractivity contribution in [2.24, 2.45) is 11.8 Å². The molecule has 1 aromatic carbocycles. The Kier molecular flexibility index (Phi) is 2.53. The number of rotatable bonds is 0. The van der Waals surface area contributed by atoms with Crippen molar-refractivity contribution in [1.29, 1.82) is 0 Å². The minimum Gasteiger partial charge on any atom is -0.0851 e. The standard InChI is InChI=1S/C20H26/c1-19(2,3)16-9-7-15-5-4-10-20(18(15)12-16)13-14-6-8-17(20)11-14/h6-9,12,14,17H,4-5,10-11,13H2,1-3H3. The van der Waals surface area contributed by atoms with Crippen LogP contribution in [-0.4, -0.2) is 0 Å². The van der Waals surface area contributed by atoms with E-state index >= 15 is 0 Å². The van der Waals surface area contributed by atoms with Crippen LogP contribution in [0, 0.1) is 11.8 Å². The van der Waals surface area contributed by atoms with Gasteiger partial charge in [0.15, 0.2) is 0 Å². The molecule has 0 N–H and O–H groups in total. The first-order valence-electron chi connectivity index (χ1n) is 8.31. The zero-order chi connectivity index (χ0) is 14.0. The number of allylic oxidation sites excluding steroid dienone is 2. The van der Waals surface area contributed by atoms with E-state index in [1.165, 1.54) is 37.7 Å². The summed E-state index contributed by atoms with van der Waals surface area (Å²) in [5, 5.41) is 0. The number of benzene rings is 1. The van der Waals surface area contributed by atoms with Crippen LogP contribution in [0.5, 0.6) is 0 Å². The van der Waals surface area contributed by atoms with Crippen LogP contribution in [0.4, 0.5) is 0 Å². The van der Waals surface area contributed by atoms with Gasteiger partial charge in [-0.1, -0.05) is 51.1 Å². The van der Waals surface area contributed by atoms with Crippen molar-refractivity contribution >= 4 is 0 Å². The average molecular weight is 266 g/mol. The normalized spacial score (nSPS) is 34.8. The van der Waals surface area contributed by atoms with Crippen molar-refractivity contribution < 1.29 is 0 Å². The highest BCUT2D eigenvalue weighted by atomic mass is 14.5. The van der Waals surface area contributed by atoms with E-state index in [0.717, 1.165) is 11.8 Å². The summed E-state index contributed by atoms with van der Waals surface area (Å²) in [5.41, 5.74) is 5.64. The van der Waals surface area contributed by atoms with Gasteiger partial charge in [0.05, 0.1) is 0 Å². The molecule has 1 fully saturated rings. The molecule has 0 heterocycles. The second-order valence-corrected chi connectivity index (χ2v) is 8.32. The Morgan fingerprint density at radius 1 is 1.15 bits per heavy atom. The molecule has 0 radical (unpaired) electrons. The summed E-state index contributed by atoms with van der Waals surface area (Å²) in [5.74, 6) is 1.69. The molecule has 1 aromatic rings. The first-order chi connectivity index (χ1) is 9.49. The van der Waals surface area contributed by atoms with E-state index in [9.17, 15) is 0 Å². The maximum Gasteiger partial charge on any atom is 0.00244 e. The van der Waals surface area contributed by atoms with Gasteiger partial charge in [-0.05, 0) is 66.0 Å². The fourth-order valence-electron chi connectivity index (χ4n) is 5.01. The SMILES string of the molecule is CC(C)(C)c1ccc2c(c1)C1(CCC2)CC2C=CC1C2. The summed E-state index contributed by atoms with van der Waals surface area (Å²) in [6.07, 6.45) is 11.9.